The Hall–Kier alpha value is -4.66. The first kappa shape index (κ1) is 19.1. The van der Waals surface area contributed by atoms with Gasteiger partial charge in [0.05, 0.1) is 18.7 Å². The Bertz CT molecular complexity index is 1620. The molecule has 8 nitrogen and oxygen atoms in total. The van der Waals surface area contributed by atoms with Gasteiger partial charge < -0.3 is 9.72 Å². The number of hydrogen-bond acceptors (Lipinski definition) is 6. The van der Waals surface area contributed by atoms with Crippen molar-refractivity contribution < 1.29 is 9.13 Å². The van der Waals surface area contributed by atoms with E-state index in [1.165, 1.54) is 12.1 Å². The van der Waals surface area contributed by atoms with Gasteiger partial charge in [-0.3, -0.25) is 10.1 Å². The fraction of sp³-hybridized carbons (Fsp3) is 0.0417. The van der Waals surface area contributed by atoms with Crippen LogP contribution in [0.3, 0.4) is 0 Å². The number of hydrogen-bond donors (Lipinski definition) is 2. The van der Waals surface area contributed by atoms with Crippen molar-refractivity contribution in [2.75, 3.05) is 7.11 Å². The van der Waals surface area contributed by atoms with Gasteiger partial charge in [0.15, 0.2) is 17.1 Å². The number of H-pyrrole nitrogens is 2. The van der Waals surface area contributed by atoms with Gasteiger partial charge in [0.25, 0.3) is 0 Å². The van der Waals surface area contributed by atoms with Crippen LogP contribution in [0.15, 0.2) is 67.3 Å². The molecule has 0 spiro atoms. The lowest BCUT2D eigenvalue weighted by Crippen LogP contribution is -1.88. The quantitative estimate of drug-likeness (QED) is 0.411. The van der Waals surface area contributed by atoms with Crippen molar-refractivity contribution in [2.24, 2.45) is 0 Å². The maximum Gasteiger partial charge on any atom is 0.161 e. The first-order valence-corrected chi connectivity index (χ1v) is 10.1. The molecule has 160 valence electrons. The van der Waals surface area contributed by atoms with Crippen molar-refractivity contribution in [2.45, 2.75) is 0 Å². The maximum atomic E-state index is 13.4. The molecule has 0 saturated carbocycles. The molecule has 0 aliphatic rings. The monoisotopic (exact) mass is 437 g/mol. The van der Waals surface area contributed by atoms with Crippen LogP contribution < -0.4 is 4.74 Å². The van der Waals surface area contributed by atoms with Crippen LogP contribution in [0.25, 0.3) is 56.0 Å². The Balaban J connectivity index is 1.48. The summed E-state index contributed by atoms with van der Waals surface area (Å²) in [5.74, 6) is 0.932. The second kappa shape index (κ2) is 7.49. The highest BCUT2D eigenvalue weighted by atomic mass is 19.1. The van der Waals surface area contributed by atoms with E-state index in [9.17, 15) is 4.39 Å². The Morgan fingerprint density at radius 1 is 0.879 bits per heavy atom. The maximum absolute atomic E-state index is 13.4. The lowest BCUT2D eigenvalue weighted by molar-refractivity contribution is 0.413. The zero-order chi connectivity index (χ0) is 22.4. The Morgan fingerprint density at radius 3 is 2.58 bits per heavy atom. The van der Waals surface area contributed by atoms with Gasteiger partial charge in [0.2, 0.25) is 0 Å². The number of nitrogens with zero attached hydrogens (tertiary/aromatic N) is 5. The number of nitrogens with one attached hydrogen (secondary N) is 2. The van der Waals surface area contributed by atoms with Crippen molar-refractivity contribution in [3.05, 3.63) is 73.1 Å². The first-order valence-electron chi connectivity index (χ1n) is 10.1. The SMILES string of the molecule is COc1cncc(-c2cnc3[nH]nc(-c4nc5c(-c6ccc(F)cc6)ccnc5[nH]4)c3c2)c1. The van der Waals surface area contributed by atoms with Crippen LogP contribution in [0.2, 0.25) is 0 Å². The van der Waals surface area contributed by atoms with Gasteiger partial charge in [0, 0.05) is 35.3 Å². The van der Waals surface area contributed by atoms with Crippen LogP contribution in [0.4, 0.5) is 4.39 Å². The number of benzene rings is 1. The molecule has 6 aromatic rings. The van der Waals surface area contributed by atoms with Crippen LogP contribution >= 0.6 is 0 Å². The number of aromatic nitrogens is 7. The lowest BCUT2D eigenvalue weighted by Gasteiger charge is -2.04. The standard InChI is InChI=1S/C24H16FN7O/c1-33-17-8-14(10-26-12-17)15-9-19-21(31-32-22(19)28-11-15)24-29-20-18(6-7-27-23(20)30-24)13-2-4-16(25)5-3-13/h2-12H,1H3,(H,27,29,30)(H,28,31,32). The Labute approximate surface area is 186 Å². The average molecular weight is 437 g/mol. The number of methoxy groups -OCH3 is 1. The molecule has 0 atom stereocenters. The van der Waals surface area contributed by atoms with E-state index in [4.69, 9.17) is 9.72 Å². The van der Waals surface area contributed by atoms with Crippen LogP contribution in [-0.2, 0) is 0 Å². The van der Waals surface area contributed by atoms with Gasteiger partial charge >= 0.3 is 0 Å². The summed E-state index contributed by atoms with van der Waals surface area (Å²) in [7, 11) is 1.60. The molecule has 6 rings (SSSR count). The number of aromatic amines is 2. The number of pyridine rings is 3. The van der Waals surface area contributed by atoms with Gasteiger partial charge in [-0.25, -0.2) is 19.3 Å². The molecule has 0 amide bonds. The smallest absolute Gasteiger partial charge is 0.161 e. The second-order valence-corrected chi connectivity index (χ2v) is 7.45. The van der Waals surface area contributed by atoms with Crippen LogP contribution in [0, 0.1) is 5.82 Å². The summed E-state index contributed by atoms with van der Waals surface area (Å²) < 4.78 is 18.7. The summed E-state index contributed by atoms with van der Waals surface area (Å²) in [4.78, 5) is 21.2. The minimum Gasteiger partial charge on any atom is -0.495 e. The second-order valence-electron chi connectivity index (χ2n) is 7.45. The third kappa shape index (κ3) is 3.26. The molecule has 0 radical (unpaired) electrons. The molecule has 0 aliphatic carbocycles. The van der Waals surface area contributed by atoms with E-state index < -0.39 is 0 Å². The van der Waals surface area contributed by atoms with Crippen molar-refractivity contribution in [1.82, 2.24) is 35.1 Å². The van der Waals surface area contributed by atoms with E-state index in [0.29, 0.717) is 34.1 Å². The molecule has 9 heteroatoms. The van der Waals surface area contributed by atoms with E-state index in [-0.39, 0.29) is 5.82 Å². The first-order chi connectivity index (χ1) is 16.2. The van der Waals surface area contributed by atoms with Crippen LogP contribution in [-0.4, -0.2) is 42.2 Å². The van der Waals surface area contributed by atoms with Gasteiger partial charge in [-0.1, -0.05) is 12.1 Å². The summed E-state index contributed by atoms with van der Waals surface area (Å²) in [5.41, 5.74) is 6.00. The molecular weight excluding hydrogens is 421 g/mol. The van der Waals surface area contributed by atoms with Crippen molar-refractivity contribution in [3.63, 3.8) is 0 Å². The summed E-state index contributed by atoms with van der Waals surface area (Å²) >= 11 is 0. The number of ether oxygens (including phenoxy) is 1. The molecule has 5 aromatic heterocycles. The molecule has 2 N–H and O–H groups in total. The highest BCUT2D eigenvalue weighted by Crippen LogP contribution is 2.32. The zero-order valence-electron chi connectivity index (χ0n) is 17.4. The highest BCUT2D eigenvalue weighted by molar-refractivity contribution is 5.96. The minimum absolute atomic E-state index is 0.288. The number of fused-ring (bicyclic) bond motifs is 2. The number of rotatable bonds is 4. The third-order valence-electron chi connectivity index (χ3n) is 5.46. The van der Waals surface area contributed by atoms with Crippen molar-refractivity contribution in [1.29, 1.82) is 0 Å². The summed E-state index contributed by atoms with van der Waals surface area (Å²) in [6, 6.07) is 12.0. The fourth-order valence-corrected chi connectivity index (χ4v) is 3.82. The van der Waals surface area contributed by atoms with E-state index >= 15 is 0 Å². The Kier molecular flexibility index (Phi) is 4.32. The van der Waals surface area contributed by atoms with Gasteiger partial charge in [-0.2, -0.15) is 5.10 Å². The zero-order valence-corrected chi connectivity index (χ0v) is 17.4. The van der Waals surface area contributed by atoms with Gasteiger partial charge in [0.1, 0.15) is 22.8 Å². The molecule has 0 unspecified atom stereocenters. The molecule has 0 fully saturated rings. The molecule has 1 aromatic carbocycles. The molecule has 0 bridgehead atoms. The van der Waals surface area contributed by atoms with Crippen LogP contribution in [0.1, 0.15) is 0 Å². The summed E-state index contributed by atoms with van der Waals surface area (Å²) in [5, 5.41) is 8.21. The largest absolute Gasteiger partial charge is 0.495 e. The Morgan fingerprint density at radius 2 is 1.73 bits per heavy atom. The lowest BCUT2D eigenvalue weighted by atomic mass is 10.1. The normalized spacial score (nSPS) is 11.3. The molecule has 0 aliphatic heterocycles. The molecule has 5 heterocycles. The molecule has 0 saturated heterocycles. The third-order valence-corrected chi connectivity index (χ3v) is 5.46. The van der Waals surface area contributed by atoms with Crippen LogP contribution in [0.5, 0.6) is 5.75 Å². The van der Waals surface area contributed by atoms with E-state index in [1.54, 1.807) is 44.0 Å². The topological polar surface area (TPSA) is 105 Å². The van der Waals surface area contributed by atoms with E-state index in [0.717, 1.165) is 27.6 Å². The van der Waals surface area contributed by atoms with Gasteiger partial charge in [-0.15, -0.1) is 0 Å². The minimum atomic E-state index is -0.288. The number of imidazole rings is 1. The number of halogens is 1. The van der Waals surface area contributed by atoms with Crippen molar-refractivity contribution in [3.8, 4) is 39.5 Å². The van der Waals surface area contributed by atoms with Crippen molar-refractivity contribution >= 4 is 22.2 Å². The fourth-order valence-electron chi connectivity index (χ4n) is 3.82. The molecular formula is C24H16FN7O. The van der Waals surface area contributed by atoms with Gasteiger partial charge in [-0.05, 0) is 35.9 Å². The molecule has 33 heavy (non-hydrogen) atoms. The van der Waals surface area contributed by atoms with E-state index in [2.05, 4.69) is 30.1 Å². The summed E-state index contributed by atoms with van der Waals surface area (Å²) in [6.45, 7) is 0. The predicted molar refractivity (Wildman–Crippen MR) is 122 cm³/mol. The highest BCUT2D eigenvalue weighted by Gasteiger charge is 2.17. The average Bonchev–Trinajstić information content (AvgIpc) is 3.48. The summed E-state index contributed by atoms with van der Waals surface area (Å²) in [6.07, 6.45) is 6.86. The van der Waals surface area contributed by atoms with E-state index in [1.807, 2.05) is 18.2 Å². The predicted octanol–water partition coefficient (Wildman–Crippen LogP) is 4.77.